The van der Waals surface area contributed by atoms with E-state index in [1.54, 1.807) is 60.7 Å². The number of rotatable bonds is 6. The molecule has 0 saturated carbocycles. The molecule has 0 aliphatic rings. The van der Waals surface area contributed by atoms with Gasteiger partial charge in [-0.25, -0.2) is 15.0 Å². The maximum atomic E-state index is 9.82. The van der Waals surface area contributed by atoms with Gasteiger partial charge in [-0.1, -0.05) is 157 Å². The normalized spacial score (nSPS) is 16.8. The molecule has 11 rings (SSSR count). The van der Waals surface area contributed by atoms with E-state index in [2.05, 4.69) is 0 Å². The molecular formula is C51H31N3OS. The first-order valence-corrected chi connectivity index (χ1v) is 17.8. The van der Waals surface area contributed by atoms with Gasteiger partial charge in [-0.05, 0) is 63.6 Å². The molecule has 0 N–H and O–H groups in total. The van der Waals surface area contributed by atoms with Crippen LogP contribution in [0.2, 0.25) is 0 Å². The molecule has 0 fully saturated rings. The maximum Gasteiger partial charge on any atom is 0.164 e. The lowest BCUT2D eigenvalue weighted by Gasteiger charge is -2.11. The van der Waals surface area contributed by atoms with Crippen LogP contribution in [-0.4, -0.2) is 15.0 Å². The zero-order valence-corrected chi connectivity index (χ0v) is 29.2. The summed E-state index contributed by atoms with van der Waals surface area (Å²) in [5.41, 5.74) is -3.57. The Morgan fingerprint density at radius 1 is 0.411 bits per heavy atom. The molecule has 5 heteroatoms. The van der Waals surface area contributed by atoms with Crippen molar-refractivity contribution in [3.8, 4) is 67.5 Å². The van der Waals surface area contributed by atoms with Crippen molar-refractivity contribution in [1.82, 2.24) is 15.0 Å². The second-order valence-corrected chi connectivity index (χ2v) is 13.3. The number of aromatic nitrogens is 3. The van der Waals surface area contributed by atoms with Crippen LogP contribution in [0.15, 0.2) is 192 Å². The van der Waals surface area contributed by atoms with Crippen molar-refractivity contribution in [1.29, 1.82) is 0 Å². The summed E-state index contributed by atoms with van der Waals surface area (Å²) < 4.78 is 196. The highest BCUT2D eigenvalue weighted by Crippen LogP contribution is 2.46. The number of nitrogens with zero attached hydrogens (tertiary/aromatic N) is 3. The molecule has 0 aliphatic carbocycles. The number of thiophene rings is 1. The van der Waals surface area contributed by atoms with E-state index in [0.29, 0.717) is 22.5 Å². The van der Waals surface area contributed by atoms with Gasteiger partial charge in [0.1, 0.15) is 11.2 Å². The quantitative estimate of drug-likeness (QED) is 0.170. The van der Waals surface area contributed by atoms with E-state index in [4.69, 9.17) is 35.8 Å². The minimum absolute atomic E-state index is 0.161. The Bertz CT molecular complexity index is 4380. The first kappa shape index (κ1) is 17.5. The van der Waals surface area contributed by atoms with E-state index in [9.17, 15) is 12.3 Å². The first-order valence-electron chi connectivity index (χ1n) is 27.5. The Labute approximate surface area is 356 Å². The van der Waals surface area contributed by atoms with Gasteiger partial charge in [0.25, 0.3) is 0 Å². The summed E-state index contributed by atoms with van der Waals surface area (Å²) in [6.07, 6.45) is 0. The lowest BCUT2D eigenvalue weighted by Crippen LogP contribution is -2.00. The monoisotopic (exact) mass is 754 g/mol. The van der Waals surface area contributed by atoms with Gasteiger partial charge in [0.05, 0.1) is 28.8 Å². The second kappa shape index (κ2) is 13.3. The number of hydrogen-bond acceptors (Lipinski definition) is 5. The smallest absolute Gasteiger partial charge is 0.164 e. The summed E-state index contributed by atoms with van der Waals surface area (Å²) >= 11 is 0.636. The maximum absolute atomic E-state index is 9.82. The van der Waals surface area contributed by atoms with Crippen LogP contribution in [0.1, 0.15) is 28.8 Å². The Balaban J connectivity index is 1.27. The fourth-order valence-corrected chi connectivity index (χ4v) is 7.59. The Hall–Kier alpha value is -7.21. The molecular weight excluding hydrogens is 703 g/mol. The molecule has 0 amide bonds. The van der Waals surface area contributed by atoms with Crippen molar-refractivity contribution in [2.24, 2.45) is 0 Å². The summed E-state index contributed by atoms with van der Waals surface area (Å²) in [6, 6.07) is 1.38. The third-order valence-electron chi connectivity index (χ3n) is 8.99. The topological polar surface area (TPSA) is 51.8 Å². The van der Waals surface area contributed by atoms with Crippen molar-refractivity contribution >= 4 is 53.4 Å². The van der Waals surface area contributed by atoms with E-state index in [-0.39, 0.29) is 59.6 Å². The summed E-state index contributed by atoms with van der Waals surface area (Å²) in [7, 11) is 0. The van der Waals surface area contributed by atoms with Crippen molar-refractivity contribution in [2.45, 2.75) is 0 Å². The highest BCUT2D eigenvalue weighted by Gasteiger charge is 2.20. The van der Waals surface area contributed by atoms with Gasteiger partial charge in [0.2, 0.25) is 0 Å². The standard InChI is InChI=1S/C51H31N3OS/c1-4-14-32(15-5-1)35-20-12-21-36(30-35)38-28-29-39(48-47(38)41-22-10-11-25-45(41)56-48)37-26-27-40-44(31-37)55-43-24-13-23-42(46(40)43)51-53-49(33-16-6-2-7-17-33)52-50(54-51)34-18-8-3-9-19-34/h1-31H/i1D,4D,5D,10D,11D,12D,13D,14D,15D,20D,21D,22D,23D,24D,25D,26D,27D,28D,29D,30D,31D. The minimum Gasteiger partial charge on any atom is -0.456 e. The molecule has 0 saturated heterocycles. The van der Waals surface area contributed by atoms with E-state index < -0.39 is 166 Å². The minimum atomic E-state index is -0.928. The summed E-state index contributed by atoms with van der Waals surface area (Å²) in [4.78, 5) is 14.2. The molecule has 56 heavy (non-hydrogen) atoms. The van der Waals surface area contributed by atoms with Crippen LogP contribution in [0.3, 0.4) is 0 Å². The van der Waals surface area contributed by atoms with Crippen LogP contribution in [-0.2, 0) is 0 Å². The highest BCUT2D eigenvalue weighted by molar-refractivity contribution is 7.26. The van der Waals surface area contributed by atoms with Crippen LogP contribution < -0.4 is 0 Å². The molecule has 3 aromatic heterocycles. The Morgan fingerprint density at radius 2 is 1.05 bits per heavy atom. The summed E-state index contributed by atoms with van der Waals surface area (Å²) in [6.45, 7) is 0. The van der Waals surface area contributed by atoms with Gasteiger partial charge in [-0.3, -0.25) is 0 Å². The molecule has 0 unspecified atom stereocenters. The average molecular weight is 755 g/mol. The number of benzene rings is 8. The van der Waals surface area contributed by atoms with E-state index in [0.717, 1.165) is 0 Å². The zero-order chi connectivity index (χ0) is 55.3. The lowest BCUT2D eigenvalue weighted by molar-refractivity contribution is 0.669. The van der Waals surface area contributed by atoms with Gasteiger partial charge in [0.15, 0.2) is 17.5 Å². The SMILES string of the molecule is [2H]c1c([2H])c([2H])c(-c2c([2H])c([2H])c([2H])c(-c3c([2H])c([2H])c(-c4c([2H])c([2H])c5c(oc6c([2H])c([2H])c([2H])c(-c7nc(-c8ccccc8)nc(-c8ccccc8)n7)c65)c4[2H])c4sc5c([2H])c([2H])c([2H])c([2H])c5c34)c2[2H])c([2H])c1[2H]. The van der Waals surface area contributed by atoms with E-state index in [1.807, 2.05) is 0 Å². The number of furan rings is 1. The largest absolute Gasteiger partial charge is 0.456 e. The average Bonchev–Trinajstić information content (AvgIpc) is 4.05. The molecule has 3 heterocycles. The molecule has 11 aromatic rings. The van der Waals surface area contributed by atoms with Crippen LogP contribution >= 0.6 is 11.3 Å². The summed E-state index contributed by atoms with van der Waals surface area (Å²) in [5.74, 6) is 0.147. The van der Waals surface area contributed by atoms with Gasteiger partial charge in [-0.2, -0.15) is 0 Å². The molecule has 8 aromatic carbocycles. The van der Waals surface area contributed by atoms with E-state index >= 15 is 0 Å². The van der Waals surface area contributed by atoms with Crippen LogP contribution in [0.4, 0.5) is 0 Å². The molecule has 0 bridgehead atoms. The van der Waals surface area contributed by atoms with Crippen LogP contribution in [0.5, 0.6) is 0 Å². The van der Waals surface area contributed by atoms with Crippen LogP contribution in [0, 0.1) is 0 Å². The van der Waals surface area contributed by atoms with Crippen molar-refractivity contribution in [2.75, 3.05) is 0 Å². The molecule has 0 atom stereocenters. The fraction of sp³-hybridized carbons (Fsp3) is 0. The number of fused-ring (bicyclic) bond motifs is 6. The Kier molecular flexibility index (Phi) is 4.15. The molecule has 0 aliphatic heterocycles. The number of hydrogen-bond donors (Lipinski definition) is 0. The van der Waals surface area contributed by atoms with Crippen LogP contribution in [0.25, 0.3) is 110 Å². The predicted molar refractivity (Wildman–Crippen MR) is 233 cm³/mol. The predicted octanol–water partition coefficient (Wildman–Crippen LogP) is 14.1. The van der Waals surface area contributed by atoms with Gasteiger partial charge < -0.3 is 4.42 Å². The van der Waals surface area contributed by atoms with Gasteiger partial charge in [-0.15, -0.1) is 11.3 Å². The van der Waals surface area contributed by atoms with E-state index in [1.165, 1.54) is 0 Å². The van der Waals surface area contributed by atoms with Gasteiger partial charge >= 0.3 is 0 Å². The Morgan fingerprint density at radius 3 is 1.84 bits per heavy atom. The second-order valence-electron chi connectivity index (χ2n) is 12.3. The molecule has 262 valence electrons. The molecule has 4 nitrogen and oxygen atoms in total. The van der Waals surface area contributed by atoms with Crippen molar-refractivity contribution in [3.05, 3.63) is 188 Å². The van der Waals surface area contributed by atoms with Gasteiger partial charge in [0, 0.05) is 47.6 Å². The third kappa shape index (κ3) is 5.48. The third-order valence-corrected chi connectivity index (χ3v) is 10.1. The lowest BCUT2D eigenvalue weighted by atomic mass is 9.93. The highest BCUT2D eigenvalue weighted by atomic mass is 32.1. The molecule has 0 spiro atoms. The zero-order valence-electron chi connectivity index (χ0n) is 49.4. The fourth-order valence-electron chi connectivity index (χ4n) is 6.47. The first-order chi connectivity index (χ1) is 36.5. The van der Waals surface area contributed by atoms with Crippen molar-refractivity contribution < 1.29 is 33.2 Å². The molecule has 0 radical (unpaired) electrons. The van der Waals surface area contributed by atoms with Crippen molar-refractivity contribution in [3.63, 3.8) is 0 Å². The summed E-state index contributed by atoms with van der Waals surface area (Å²) in [5, 5.41) is -1.09.